The van der Waals surface area contributed by atoms with Crippen LogP contribution in [0.15, 0.2) is 52.9 Å². The number of fused-ring (bicyclic) bond motifs is 1. The predicted molar refractivity (Wildman–Crippen MR) is 117 cm³/mol. The van der Waals surface area contributed by atoms with E-state index in [1.54, 1.807) is 11.8 Å². The van der Waals surface area contributed by atoms with Crippen LogP contribution < -0.4 is 24.0 Å². The summed E-state index contributed by atoms with van der Waals surface area (Å²) in [5.41, 5.74) is 1.14. The van der Waals surface area contributed by atoms with Gasteiger partial charge in [-0.05, 0) is 36.5 Å². The van der Waals surface area contributed by atoms with Crippen molar-refractivity contribution in [3.05, 3.63) is 59.3 Å². The minimum Gasteiger partial charge on any atom is -0.495 e. The quantitative estimate of drug-likeness (QED) is 0.608. The Balaban J connectivity index is 1.22. The van der Waals surface area contributed by atoms with Crippen LogP contribution in [0, 0.1) is 4.84 Å². The van der Waals surface area contributed by atoms with Crippen molar-refractivity contribution in [2.75, 3.05) is 44.8 Å². The molecule has 2 aromatic carbocycles. The molecule has 1 saturated heterocycles. The molecule has 0 spiro atoms. The van der Waals surface area contributed by atoms with Gasteiger partial charge in [-0.25, -0.2) is 0 Å². The van der Waals surface area contributed by atoms with Gasteiger partial charge >= 0.3 is 0 Å². The average molecular weight is 442 g/mol. The number of para-hydroxylation sites is 4. The van der Waals surface area contributed by atoms with Crippen molar-refractivity contribution in [2.24, 2.45) is 0 Å². The Labute approximate surface area is 185 Å². The van der Waals surface area contributed by atoms with Crippen molar-refractivity contribution in [2.45, 2.75) is 12.8 Å². The minimum atomic E-state index is -0.407. The molecule has 2 aliphatic heterocycles. The lowest BCUT2D eigenvalue weighted by molar-refractivity contribution is -0.924. The minimum absolute atomic E-state index is 0.344. The Morgan fingerprint density at radius 1 is 1.10 bits per heavy atom. The van der Waals surface area contributed by atoms with Crippen molar-refractivity contribution in [3.8, 4) is 17.2 Å². The van der Waals surface area contributed by atoms with Gasteiger partial charge in [0.25, 0.3) is 10.7 Å². The van der Waals surface area contributed by atoms with Gasteiger partial charge in [-0.2, -0.15) is 4.68 Å². The molecule has 162 valence electrons. The lowest BCUT2D eigenvalue weighted by atomic mass is 10.2. The molecule has 0 saturated carbocycles. The Kier molecular flexibility index (Phi) is 5.52. The van der Waals surface area contributed by atoms with Gasteiger partial charge in [0, 0.05) is 0 Å². The number of rotatable bonds is 5. The fourth-order valence-electron chi connectivity index (χ4n) is 4.02. The number of nitrogens with one attached hydrogen (secondary N) is 1. The van der Waals surface area contributed by atoms with E-state index in [0.717, 1.165) is 43.4 Å². The van der Waals surface area contributed by atoms with E-state index in [4.69, 9.17) is 30.8 Å². The van der Waals surface area contributed by atoms with Crippen LogP contribution in [-0.4, -0.2) is 49.7 Å². The van der Waals surface area contributed by atoms with E-state index in [1.165, 1.54) is 4.90 Å². The van der Waals surface area contributed by atoms with Gasteiger partial charge in [0.05, 0.1) is 39.0 Å². The highest BCUT2D eigenvalue weighted by Gasteiger charge is 2.28. The first kappa shape index (κ1) is 19.9. The summed E-state index contributed by atoms with van der Waals surface area (Å²) in [5.74, 6) is 2.78. The maximum atomic E-state index is 5.99. The molecular formula is C22H25N4O4S+. The van der Waals surface area contributed by atoms with E-state index in [1.807, 2.05) is 42.5 Å². The van der Waals surface area contributed by atoms with E-state index in [9.17, 15) is 0 Å². The molecule has 3 heterocycles. The van der Waals surface area contributed by atoms with Gasteiger partial charge in [-0.15, -0.1) is 5.10 Å². The fraction of sp³-hybridized carbons (Fsp3) is 0.364. The van der Waals surface area contributed by atoms with Crippen LogP contribution >= 0.6 is 12.2 Å². The number of ether oxygens (including phenoxy) is 3. The SMILES string of the molecule is COc1ccccc1N1CC[NH+](Cn2nc([C@H]3COc4ccccc4O3)oc2=S)CC1. The molecule has 31 heavy (non-hydrogen) atoms. The lowest BCUT2D eigenvalue weighted by Gasteiger charge is -2.34. The van der Waals surface area contributed by atoms with Crippen molar-refractivity contribution >= 4 is 17.9 Å². The molecule has 3 aromatic rings. The number of quaternary nitrogens is 1. The maximum Gasteiger partial charge on any atom is 0.292 e. The first-order chi connectivity index (χ1) is 15.2. The number of hydrogen-bond acceptors (Lipinski definition) is 7. The number of benzene rings is 2. The highest BCUT2D eigenvalue weighted by atomic mass is 32.1. The summed E-state index contributed by atoms with van der Waals surface area (Å²) in [5, 5.41) is 4.59. The van der Waals surface area contributed by atoms with Crippen LogP contribution in [0.2, 0.25) is 0 Å². The summed E-state index contributed by atoms with van der Waals surface area (Å²) < 4.78 is 24.8. The molecule has 9 heteroatoms. The summed E-state index contributed by atoms with van der Waals surface area (Å²) in [6.45, 7) is 4.81. The summed E-state index contributed by atoms with van der Waals surface area (Å²) in [6.07, 6.45) is -0.407. The molecular weight excluding hydrogens is 416 g/mol. The standard InChI is InChI=1S/C22H24N4O4S/c1-27-17-7-3-2-6-16(17)25-12-10-24(11-13-25)15-26-22(31)30-21(23-26)20-14-28-18-8-4-5-9-19(18)29-20/h2-9,20H,10-15H2,1H3/p+1/t20-/m1/s1. The van der Waals surface area contributed by atoms with Crippen LogP contribution in [0.5, 0.6) is 17.2 Å². The molecule has 1 N–H and O–H groups in total. The van der Waals surface area contributed by atoms with Gasteiger partial charge in [0.15, 0.2) is 18.2 Å². The van der Waals surface area contributed by atoms with Gasteiger partial charge in [-0.3, -0.25) is 0 Å². The molecule has 2 aliphatic rings. The van der Waals surface area contributed by atoms with Gasteiger partial charge in [0.2, 0.25) is 6.10 Å². The number of nitrogens with zero attached hydrogens (tertiary/aromatic N) is 3. The monoisotopic (exact) mass is 441 g/mol. The second kappa shape index (κ2) is 8.60. The van der Waals surface area contributed by atoms with Crippen LogP contribution in [-0.2, 0) is 6.67 Å². The van der Waals surface area contributed by atoms with Gasteiger partial charge < -0.3 is 28.4 Å². The smallest absolute Gasteiger partial charge is 0.292 e. The predicted octanol–water partition coefficient (Wildman–Crippen LogP) is 2.09. The third kappa shape index (κ3) is 4.11. The molecule has 1 fully saturated rings. The Morgan fingerprint density at radius 3 is 2.65 bits per heavy atom. The molecule has 0 unspecified atom stereocenters. The van der Waals surface area contributed by atoms with E-state index in [-0.39, 0.29) is 0 Å². The summed E-state index contributed by atoms with van der Waals surface area (Å²) >= 11 is 5.42. The number of piperazine rings is 1. The molecule has 0 bridgehead atoms. The van der Waals surface area contributed by atoms with Crippen LogP contribution in [0.1, 0.15) is 12.0 Å². The van der Waals surface area contributed by atoms with E-state index >= 15 is 0 Å². The normalized spacial score (nSPS) is 18.7. The number of aromatic nitrogens is 2. The number of hydrogen-bond donors (Lipinski definition) is 1. The van der Waals surface area contributed by atoms with Crippen molar-refractivity contribution in [1.29, 1.82) is 0 Å². The highest BCUT2D eigenvalue weighted by Crippen LogP contribution is 2.35. The first-order valence-corrected chi connectivity index (χ1v) is 10.8. The van der Waals surface area contributed by atoms with Crippen LogP contribution in [0.3, 0.4) is 0 Å². The van der Waals surface area contributed by atoms with E-state index < -0.39 is 6.10 Å². The van der Waals surface area contributed by atoms with Crippen molar-refractivity contribution in [3.63, 3.8) is 0 Å². The highest BCUT2D eigenvalue weighted by molar-refractivity contribution is 7.71. The summed E-state index contributed by atoms with van der Waals surface area (Å²) in [4.78, 5) is 4.12. The van der Waals surface area contributed by atoms with E-state index in [2.05, 4.69) is 16.1 Å². The zero-order chi connectivity index (χ0) is 21.2. The molecule has 0 radical (unpaired) electrons. The molecule has 1 aromatic heterocycles. The number of anilines is 1. The van der Waals surface area contributed by atoms with Crippen LogP contribution in [0.4, 0.5) is 5.69 Å². The third-order valence-corrected chi connectivity index (χ3v) is 5.97. The molecule has 0 amide bonds. The second-order valence-electron chi connectivity index (χ2n) is 7.64. The first-order valence-electron chi connectivity index (χ1n) is 10.4. The van der Waals surface area contributed by atoms with E-state index in [0.29, 0.717) is 29.8 Å². The summed E-state index contributed by atoms with van der Waals surface area (Å²) in [7, 11) is 1.71. The van der Waals surface area contributed by atoms with Crippen molar-refractivity contribution in [1.82, 2.24) is 9.78 Å². The third-order valence-electron chi connectivity index (χ3n) is 5.68. The molecule has 5 rings (SSSR count). The topological polar surface area (TPSA) is 66.3 Å². The Hall–Kier alpha value is -3.04. The van der Waals surface area contributed by atoms with Gasteiger partial charge in [0.1, 0.15) is 12.4 Å². The Morgan fingerprint density at radius 2 is 1.84 bits per heavy atom. The van der Waals surface area contributed by atoms with Crippen molar-refractivity contribution < 1.29 is 23.5 Å². The summed E-state index contributed by atoms with van der Waals surface area (Å²) in [6, 6.07) is 15.7. The second-order valence-corrected chi connectivity index (χ2v) is 7.99. The molecule has 1 atom stereocenters. The Bertz CT molecular complexity index is 1110. The largest absolute Gasteiger partial charge is 0.495 e. The number of methoxy groups -OCH3 is 1. The average Bonchev–Trinajstić information content (AvgIpc) is 3.19. The fourth-order valence-corrected chi connectivity index (χ4v) is 4.21. The zero-order valence-electron chi connectivity index (χ0n) is 17.3. The lowest BCUT2D eigenvalue weighted by Crippen LogP contribution is -3.14. The maximum absolute atomic E-state index is 5.99. The zero-order valence-corrected chi connectivity index (χ0v) is 18.1. The molecule has 0 aliphatic carbocycles. The van der Waals surface area contributed by atoms with Crippen LogP contribution in [0.25, 0.3) is 0 Å². The molecule has 8 nitrogen and oxygen atoms in total. The van der Waals surface area contributed by atoms with Gasteiger partial charge in [-0.1, -0.05) is 24.3 Å².